The third-order valence-corrected chi connectivity index (χ3v) is 3.34. The molecule has 106 valence electrons. The highest BCUT2D eigenvalue weighted by Gasteiger charge is 2.16. The third kappa shape index (κ3) is 5.03. The topological polar surface area (TPSA) is 68.1 Å². The minimum Gasteiger partial charge on any atom is -0.364 e. The number of hydrogen-bond donors (Lipinski definition) is 1. The van der Waals surface area contributed by atoms with Gasteiger partial charge in [0.15, 0.2) is 0 Å². The van der Waals surface area contributed by atoms with Crippen LogP contribution in [0.1, 0.15) is 39.5 Å². The van der Waals surface area contributed by atoms with Crippen molar-refractivity contribution in [3.8, 4) is 0 Å². The van der Waals surface area contributed by atoms with Gasteiger partial charge >= 0.3 is 5.69 Å². The van der Waals surface area contributed by atoms with Gasteiger partial charge in [-0.15, -0.1) is 0 Å². The zero-order valence-corrected chi connectivity index (χ0v) is 12.1. The lowest BCUT2D eigenvalue weighted by Crippen LogP contribution is -2.15. The first-order valence-corrected chi connectivity index (χ1v) is 7.00. The Morgan fingerprint density at radius 3 is 2.84 bits per heavy atom. The quantitative estimate of drug-likeness (QED) is 0.572. The summed E-state index contributed by atoms with van der Waals surface area (Å²) >= 11 is 5.72. The van der Waals surface area contributed by atoms with Gasteiger partial charge in [-0.3, -0.25) is 10.1 Å². The second-order valence-electron chi connectivity index (χ2n) is 4.58. The van der Waals surface area contributed by atoms with Crippen LogP contribution >= 0.6 is 11.6 Å². The highest BCUT2D eigenvalue weighted by Crippen LogP contribution is 2.25. The van der Waals surface area contributed by atoms with E-state index in [-0.39, 0.29) is 10.7 Å². The molecule has 6 heteroatoms. The van der Waals surface area contributed by atoms with Crippen LogP contribution < -0.4 is 5.32 Å². The molecule has 0 bridgehead atoms. The molecular weight excluding hydrogens is 266 g/mol. The van der Waals surface area contributed by atoms with Crippen LogP contribution in [0.3, 0.4) is 0 Å². The second-order valence-corrected chi connectivity index (χ2v) is 5.01. The van der Waals surface area contributed by atoms with E-state index in [4.69, 9.17) is 11.6 Å². The molecule has 0 saturated carbocycles. The number of aromatic nitrogens is 1. The Balaban J connectivity index is 2.68. The standard InChI is InChI=1S/C13H20ClN3O2/c1-3-5-6-10(4-2)8-15-13-12(17(18)19)7-11(14)9-16-13/h7,9-10H,3-6,8H2,1-2H3,(H,15,16). The van der Waals surface area contributed by atoms with Crippen LogP contribution in [0, 0.1) is 16.0 Å². The average molecular weight is 286 g/mol. The third-order valence-electron chi connectivity index (χ3n) is 3.13. The van der Waals surface area contributed by atoms with Gasteiger partial charge in [0.2, 0.25) is 5.82 Å². The summed E-state index contributed by atoms with van der Waals surface area (Å²) in [4.78, 5) is 14.5. The fraction of sp³-hybridized carbons (Fsp3) is 0.615. The minimum absolute atomic E-state index is 0.0714. The fourth-order valence-electron chi connectivity index (χ4n) is 1.89. The fourth-order valence-corrected chi connectivity index (χ4v) is 2.04. The van der Waals surface area contributed by atoms with Crippen molar-refractivity contribution in [2.45, 2.75) is 39.5 Å². The molecule has 5 nitrogen and oxygen atoms in total. The normalized spacial score (nSPS) is 12.2. The predicted molar refractivity (Wildman–Crippen MR) is 77.7 cm³/mol. The number of anilines is 1. The lowest BCUT2D eigenvalue weighted by atomic mass is 9.99. The Hall–Kier alpha value is -1.36. The monoisotopic (exact) mass is 285 g/mol. The van der Waals surface area contributed by atoms with Crippen molar-refractivity contribution in [1.29, 1.82) is 0 Å². The molecular formula is C13H20ClN3O2. The summed E-state index contributed by atoms with van der Waals surface area (Å²) in [6.45, 7) is 4.99. The molecule has 0 aliphatic rings. The van der Waals surface area contributed by atoms with Crippen molar-refractivity contribution < 1.29 is 4.92 Å². The lowest BCUT2D eigenvalue weighted by molar-refractivity contribution is -0.384. The maximum absolute atomic E-state index is 10.9. The van der Waals surface area contributed by atoms with Gasteiger partial charge in [0.1, 0.15) is 0 Å². The Labute approximate surface area is 118 Å². The van der Waals surface area contributed by atoms with Gasteiger partial charge in [0.05, 0.1) is 9.95 Å². The van der Waals surface area contributed by atoms with Gasteiger partial charge in [-0.1, -0.05) is 44.7 Å². The molecule has 0 amide bonds. The summed E-state index contributed by atoms with van der Waals surface area (Å²) in [5.41, 5.74) is -0.0714. The molecule has 0 spiro atoms. The number of pyridine rings is 1. The van der Waals surface area contributed by atoms with Crippen molar-refractivity contribution in [2.75, 3.05) is 11.9 Å². The molecule has 1 heterocycles. The Morgan fingerprint density at radius 2 is 2.26 bits per heavy atom. The molecule has 0 aromatic carbocycles. The summed E-state index contributed by atoms with van der Waals surface area (Å²) < 4.78 is 0. The van der Waals surface area contributed by atoms with Gasteiger partial charge in [-0.25, -0.2) is 4.98 Å². The van der Waals surface area contributed by atoms with Crippen molar-refractivity contribution >= 4 is 23.1 Å². The molecule has 1 N–H and O–H groups in total. The summed E-state index contributed by atoms with van der Waals surface area (Å²) in [5.74, 6) is 0.807. The van der Waals surface area contributed by atoms with E-state index in [2.05, 4.69) is 24.1 Å². The molecule has 1 aromatic heterocycles. The molecule has 1 rings (SSSR count). The predicted octanol–water partition coefficient (Wildman–Crippen LogP) is 4.27. The van der Waals surface area contributed by atoms with Crippen LogP contribution in [0.15, 0.2) is 12.3 Å². The zero-order chi connectivity index (χ0) is 14.3. The highest BCUT2D eigenvalue weighted by atomic mass is 35.5. The maximum Gasteiger partial charge on any atom is 0.312 e. The number of rotatable bonds is 8. The number of nitrogens with zero attached hydrogens (tertiary/aromatic N) is 2. The van der Waals surface area contributed by atoms with E-state index in [9.17, 15) is 10.1 Å². The highest BCUT2D eigenvalue weighted by molar-refractivity contribution is 6.30. The first-order chi connectivity index (χ1) is 9.08. The number of unbranched alkanes of at least 4 members (excludes halogenated alkanes) is 1. The molecule has 1 aromatic rings. The summed E-state index contributed by atoms with van der Waals surface area (Å²) in [5, 5.41) is 14.3. The minimum atomic E-state index is -0.464. The zero-order valence-electron chi connectivity index (χ0n) is 11.4. The van der Waals surface area contributed by atoms with E-state index in [1.54, 1.807) is 0 Å². The van der Waals surface area contributed by atoms with Crippen LogP contribution in [0.5, 0.6) is 0 Å². The van der Waals surface area contributed by atoms with E-state index in [1.807, 2.05) is 0 Å². The van der Waals surface area contributed by atoms with Crippen LogP contribution in [-0.4, -0.2) is 16.5 Å². The SMILES string of the molecule is CCCCC(CC)CNc1ncc(Cl)cc1[N+](=O)[O-]. The molecule has 0 fully saturated rings. The van der Waals surface area contributed by atoms with E-state index in [0.717, 1.165) is 19.3 Å². The van der Waals surface area contributed by atoms with Crippen LogP contribution in [0.2, 0.25) is 5.02 Å². The van der Waals surface area contributed by atoms with Crippen molar-refractivity contribution in [1.82, 2.24) is 4.98 Å². The van der Waals surface area contributed by atoms with Crippen molar-refractivity contribution in [2.24, 2.45) is 5.92 Å². The van der Waals surface area contributed by atoms with Gasteiger partial charge in [-0.2, -0.15) is 0 Å². The van der Waals surface area contributed by atoms with Crippen LogP contribution in [-0.2, 0) is 0 Å². The summed E-state index contributed by atoms with van der Waals surface area (Å²) in [7, 11) is 0. The van der Waals surface area contributed by atoms with Crippen molar-refractivity contribution in [3.63, 3.8) is 0 Å². The first-order valence-electron chi connectivity index (χ1n) is 6.62. The molecule has 0 radical (unpaired) electrons. The Bertz CT molecular complexity index is 426. The lowest BCUT2D eigenvalue weighted by Gasteiger charge is -2.15. The molecule has 19 heavy (non-hydrogen) atoms. The van der Waals surface area contributed by atoms with Crippen LogP contribution in [0.25, 0.3) is 0 Å². The Morgan fingerprint density at radius 1 is 1.53 bits per heavy atom. The van der Waals surface area contributed by atoms with Crippen LogP contribution in [0.4, 0.5) is 11.5 Å². The van der Waals surface area contributed by atoms with E-state index >= 15 is 0 Å². The van der Waals surface area contributed by atoms with Gasteiger partial charge in [0, 0.05) is 18.8 Å². The average Bonchev–Trinajstić information content (AvgIpc) is 2.40. The number of nitro groups is 1. The molecule has 0 aliphatic heterocycles. The largest absolute Gasteiger partial charge is 0.364 e. The van der Waals surface area contributed by atoms with Gasteiger partial charge in [0.25, 0.3) is 0 Å². The number of halogens is 1. The smallest absolute Gasteiger partial charge is 0.312 e. The first kappa shape index (κ1) is 15.7. The summed E-state index contributed by atoms with van der Waals surface area (Å²) in [6.07, 6.45) is 5.94. The number of hydrogen-bond acceptors (Lipinski definition) is 4. The van der Waals surface area contributed by atoms with Gasteiger partial charge < -0.3 is 5.32 Å². The van der Waals surface area contributed by atoms with E-state index in [1.165, 1.54) is 18.7 Å². The molecule has 1 atom stereocenters. The van der Waals surface area contributed by atoms with Crippen molar-refractivity contribution in [3.05, 3.63) is 27.4 Å². The van der Waals surface area contributed by atoms with Gasteiger partial charge in [-0.05, 0) is 12.3 Å². The molecule has 1 unspecified atom stereocenters. The molecule has 0 saturated heterocycles. The van der Waals surface area contributed by atoms with E-state index < -0.39 is 4.92 Å². The number of nitrogens with one attached hydrogen (secondary N) is 1. The van der Waals surface area contributed by atoms with E-state index in [0.29, 0.717) is 18.3 Å². The molecule has 0 aliphatic carbocycles. The maximum atomic E-state index is 10.9. The second kappa shape index (κ2) is 7.94. The summed E-state index contributed by atoms with van der Waals surface area (Å²) in [6, 6.07) is 1.32. The Kier molecular flexibility index (Phi) is 6.56.